The van der Waals surface area contributed by atoms with Gasteiger partial charge in [-0.05, 0) is 19.3 Å². The highest BCUT2D eigenvalue weighted by Crippen LogP contribution is 2.34. The summed E-state index contributed by atoms with van der Waals surface area (Å²) in [6, 6.07) is -0.127. The highest BCUT2D eigenvalue weighted by molar-refractivity contribution is 5.73. The number of nitrogens with one attached hydrogen (secondary N) is 2. The second kappa shape index (κ2) is 3.51. The molecule has 0 aromatic carbocycles. The molecule has 74 valence electrons. The molecule has 2 fully saturated rings. The van der Waals surface area contributed by atoms with Gasteiger partial charge in [0.2, 0.25) is 0 Å². The van der Waals surface area contributed by atoms with Crippen molar-refractivity contribution in [2.45, 2.75) is 37.5 Å². The molecule has 2 heterocycles. The van der Waals surface area contributed by atoms with Crippen LogP contribution in [0.3, 0.4) is 0 Å². The molecule has 0 aliphatic carbocycles. The van der Waals surface area contributed by atoms with Gasteiger partial charge in [0.1, 0.15) is 0 Å². The monoisotopic (exact) mass is 186 g/mol. The standard InChI is InChI=1S/C8H14N2O3/c1-12-10-8(11)9-6-4-5-2-3-7(6)13-5/h5-7H,2-4H2,1H3,(H2,9,10,11)/t5-,6-,7+/m1/s1. The van der Waals surface area contributed by atoms with Gasteiger partial charge in [-0.3, -0.25) is 4.84 Å². The van der Waals surface area contributed by atoms with E-state index in [9.17, 15) is 4.79 Å². The van der Waals surface area contributed by atoms with E-state index in [4.69, 9.17) is 4.74 Å². The number of ether oxygens (including phenoxy) is 1. The number of carbonyl (C=O) groups is 1. The van der Waals surface area contributed by atoms with Gasteiger partial charge < -0.3 is 10.1 Å². The van der Waals surface area contributed by atoms with Gasteiger partial charge in [0, 0.05) is 0 Å². The Kier molecular flexibility index (Phi) is 2.37. The van der Waals surface area contributed by atoms with Crippen molar-refractivity contribution < 1.29 is 14.4 Å². The van der Waals surface area contributed by atoms with Crippen molar-refractivity contribution in [2.24, 2.45) is 0 Å². The summed E-state index contributed by atoms with van der Waals surface area (Å²) in [5.41, 5.74) is 2.23. The zero-order valence-corrected chi connectivity index (χ0v) is 7.58. The first-order valence-corrected chi connectivity index (χ1v) is 4.54. The lowest BCUT2D eigenvalue weighted by Crippen LogP contribution is -2.46. The molecule has 5 heteroatoms. The van der Waals surface area contributed by atoms with Crippen molar-refractivity contribution in [1.82, 2.24) is 10.8 Å². The van der Waals surface area contributed by atoms with Gasteiger partial charge >= 0.3 is 6.03 Å². The van der Waals surface area contributed by atoms with E-state index < -0.39 is 0 Å². The summed E-state index contributed by atoms with van der Waals surface area (Å²) in [6.07, 6.45) is 3.70. The Labute approximate surface area is 76.7 Å². The second-order valence-corrected chi connectivity index (χ2v) is 3.50. The maximum absolute atomic E-state index is 11.1. The molecular formula is C8H14N2O3. The predicted molar refractivity (Wildman–Crippen MR) is 45.0 cm³/mol. The Morgan fingerprint density at radius 3 is 2.92 bits per heavy atom. The average Bonchev–Trinajstić information content (AvgIpc) is 2.65. The molecule has 0 unspecified atom stereocenters. The fraction of sp³-hybridized carbons (Fsp3) is 0.875. The van der Waals surface area contributed by atoms with Gasteiger partial charge in [0.05, 0.1) is 25.4 Å². The van der Waals surface area contributed by atoms with E-state index >= 15 is 0 Å². The van der Waals surface area contributed by atoms with Crippen LogP contribution in [0.4, 0.5) is 4.79 Å². The van der Waals surface area contributed by atoms with E-state index in [0.29, 0.717) is 6.10 Å². The van der Waals surface area contributed by atoms with Gasteiger partial charge in [-0.15, -0.1) is 0 Å². The van der Waals surface area contributed by atoms with E-state index in [1.165, 1.54) is 7.11 Å². The third kappa shape index (κ3) is 1.76. The first-order chi connectivity index (χ1) is 6.29. The van der Waals surface area contributed by atoms with Gasteiger partial charge in [-0.25, -0.2) is 10.3 Å². The van der Waals surface area contributed by atoms with Crippen LogP contribution in [-0.2, 0) is 9.57 Å². The molecule has 0 aromatic heterocycles. The normalized spacial score (nSPS) is 36.2. The van der Waals surface area contributed by atoms with Crippen LogP contribution in [0, 0.1) is 0 Å². The molecule has 2 aliphatic rings. The van der Waals surface area contributed by atoms with Crippen molar-refractivity contribution >= 4 is 6.03 Å². The number of carbonyl (C=O) groups excluding carboxylic acids is 1. The minimum Gasteiger partial charge on any atom is -0.373 e. The van der Waals surface area contributed by atoms with E-state index in [0.717, 1.165) is 19.3 Å². The highest BCUT2D eigenvalue weighted by atomic mass is 16.6. The summed E-state index contributed by atoms with van der Waals surface area (Å²) in [6.45, 7) is 0. The summed E-state index contributed by atoms with van der Waals surface area (Å²) in [5.74, 6) is 0. The first kappa shape index (κ1) is 8.77. The number of hydrogen-bond donors (Lipinski definition) is 2. The van der Waals surface area contributed by atoms with Crippen LogP contribution in [0.1, 0.15) is 19.3 Å². The van der Waals surface area contributed by atoms with Crippen LogP contribution in [-0.4, -0.2) is 31.4 Å². The lowest BCUT2D eigenvalue weighted by atomic mass is 9.96. The van der Waals surface area contributed by atoms with Crippen LogP contribution in [0.25, 0.3) is 0 Å². The lowest BCUT2D eigenvalue weighted by molar-refractivity contribution is 0.0902. The van der Waals surface area contributed by atoms with Crippen molar-refractivity contribution in [3.8, 4) is 0 Å². The molecule has 13 heavy (non-hydrogen) atoms. The van der Waals surface area contributed by atoms with E-state index in [1.807, 2.05) is 0 Å². The zero-order chi connectivity index (χ0) is 9.26. The van der Waals surface area contributed by atoms with E-state index in [2.05, 4.69) is 15.6 Å². The first-order valence-electron chi connectivity index (χ1n) is 4.54. The molecule has 2 amide bonds. The summed E-state index contributed by atoms with van der Waals surface area (Å²) in [7, 11) is 1.41. The van der Waals surface area contributed by atoms with Crippen LogP contribution < -0.4 is 10.8 Å². The molecule has 5 nitrogen and oxygen atoms in total. The van der Waals surface area contributed by atoms with Crippen LogP contribution in [0.2, 0.25) is 0 Å². The topological polar surface area (TPSA) is 59.6 Å². The van der Waals surface area contributed by atoms with Crippen molar-refractivity contribution in [2.75, 3.05) is 7.11 Å². The Morgan fingerprint density at radius 1 is 1.54 bits per heavy atom. The van der Waals surface area contributed by atoms with Crippen LogP contribution in [0.15, 0.2) is 0 Å². The summed E-state index contributed by atoms with van der Waals surface area (Å²) in [5, 5.41) is 2.81. The predicted octanol–water partition coefficient (Wildman–Crippen LogP) is 0.167. The van der Waals surface area contributed by atoms with E-state index in [-0.39, 0.29) is 18.2 Å². The van der Waals surface area contributed by atoms with Crippen LogP contribution in [0.5, 0.6) is 0 Å². The van der Waals surface area contributed by atoms with Crippen molar-refractivity contribution in [3.63, 3.8) is 0 Å². The summed E-state index contributed by atoms with van der Waals surface area (Å²) >= 11 is 0. The number of urea groups is 1. The number of fused-ring (bicyclic) bond motifs is 2. The third-order valence-electron chi connectivity index (χ3n) is 2.62. The molecule has 0 saturated carbocycles. The number of hydroxylamine groups is 1. The molecule has 2 rings (SSSR count). The van der Waals surface area contributed by atoms with Gasteiger partial charge in [0.15, 0.2) is 0 Å². The SMILES string of the molecule is CONC(=O)N[C@@H]1C[C@H]2CC[C@@H]1O2. The Hall–Kier alpha value is -0.810. The third-order valence-corrected chi connectivity index (χ3v) is 2.62. The largest absolute Gasteiger partial charge is 0.373 e. The Balaban J connectivity index is 1.79. The molecular weight excluding hydrogens is 172 g/mol. The molecule has 0 spiro atoms. The smallest absolute Gasteiger partial charge is 0.339 e. The van der Waals surface area contributed by atoms with Crippen molar-refractivity contribution in [1.29, 1.82) is 0 Å². The number of hydrogen-bond acceptors (Lipinski definition) is 3. The van der Waals surface area contributed by atoms with Crippen LogP contribution >= 0.6 is 0 Å². The molecule has 0 aromatic rings. The summed E-state index contributed by atoms with van der Waals surface area (Å²) < 4.78 is 5.58. The minimum absolute atomic E-state index is 0.161. The lowest BCUT2D eigenvalue weighted by Gasteiger charge is -2.19. The maximum Gasteiger partial charge on any atom is 0.339 e. The molecule has 0 radical (unpaired) electrons. The quantitative estimate of drug-likeness (QED) is 0.604. The van der Waals surface area contributed by atoms with Gasteiger partial charge in [-0.1, -0.05) is 0 Å². The zero-order valence-electron chi connectivity index (χ0n) is 7.58. The number of amides is 2. The molecule has 2 aliphatic heterocycles. The maximum atomic E-state index is 11.1. The Morgan fingerprint density at radius 2 is 2.38 bits per heavy atom. The number of rotatable bonds is 2. The van der Waals surface area contributed by atoms with E-state index in [1.54, 1.807) is 0 Å². The fourth-order valence-electron chi connectivity index (χ4n) is 2.08. The van der Waals surface area contributed by atoms with Gasteiger partial charge in [-0.2, -0.15) is 0 Å². The Bertz CT molecular complexity index is 210. The highest BCUT2D eigenvalue weighted by Gasteiger charge is 2.41. The molecule has 3 atom stereocenters. The van der Waals surface area contributed by atoms with Crippen molar-refractivity contribution in [3.05, 3.63) is 0 Å². The molecule has 2 saturated heterocycles. The minimum atomic E-state index is -0.288. The van der Waals surface area contributed by atoms with Gasteiger partial charge in [0.25, 0.3) is 0 Å². The average molecular weight is 186 g/mol. The summed E-state index contributed by atoms with van der Waals surface area (Å²) in [4.78, 5) is 15.6. The molecule has 2 bridgehead atoms. The second-order valence-electron chi connectivity index (χ2n) is 3.50. The fourth-order valence-corrected chi connectivity index (χ4v) is 2.08. The molecule has 2 N–H and O–H groups in total.